The van der Waals surface area contributed by atoms with Gasteiger partial charge in [-0.1, -0.05) is 0 Å². The fourth-order valence-corrected chi connectivity index (χ4v) is 0.932. The van der Waals surface area contributed by atoms with Crippen molar-refractivity contribution in [3.05, 3.63) is 12.2 Å². The van der Waals surface area contributed by atoms with Crippen LogP contribution in [0.5, 0.6) is 0 Å². The van der Waals surface area contributed by atoms with E-state index in [1.807, 2.05) is 0 Å². The first-order valence-electron chi connectivity index (χ1n) is 4.15. The molecule has 1 heterocycles. The Bertz CT molecular complexity index is 143. The Morgan fingerprint density at radius 3 is 1.85 bits per heavy atom. The SMILES string of the molecule is OCCOC1C=CC(OCCO)O1. The minimum absolute atomic E-state index is 0.0319. The van der Waals surface area contributed by atoms with Crippen LogP contribution in [0.1, 0.15) is 0 Å². The van der Waals surface area contributed by atoms with Gasteiger partial charge in [-0.05, 0) is 12.2 Å². The van der Waals surface area contributed by atoms with Crippen LogP contribution in [0.25, 0.3) is 0 Å². The molecule has 0 saturated heterocycles. The van der Waals surface area contributed by atoms with Crippen LogP contribution in [0.2, 0.25) is 0 Å². The van der Waals surface area contributed by atoms with Crippen molar-refractivity contribution in [3.8, 4) is 0 Å². The standard InChI is InChI=1S/C8H14O5/c9-3-5-11-7-1-2-8(13-7)12-6-4-10/h1-2,7-10H,3-6H2. The lowest BCUT2D eigenvalue weighted by molar-refractivity contribution is -0.197. The third-order valence-electron chi connectivity index (χ3n) is 1.44. The topological polar surface area (TPSA) is 68.2 Å². The number of hydrogen-bond acceptors (Lipinski definition) is 5. The average molecular weight is 190 g/mol. The van der Waals surface area contributed by atoms with Crippen molar-refractivity contribution in [2.75, 3.05) is 26.4 Å². The van der Waals surface area contributed by atoms with E-state index in [4.69, 9.17) is 24.4 Å². The minimum atomic E-state index is -0.448. The zero-order valence-corrected chi connectivity index (χ0v) is 7.26. The van der Waals surface area contributed by atoms with E-state index in [-0.39, 0.29) is 26.4 Å². The first-order chi connectivity index (χ1) is 6.36. The number of ether oxygens (including phenoxy) is 3. The van der Waals surface area contributed by atoms with Crippen molar-refractivity contribution in [1.82, 2.24) is 0 Å². The molecule has 2 N–H and O–H groups in total. The van der Waals surface area contributed by atoms with Crippen molar-refractivity contribution in [3.63, 3.8) is 0 Å². The lowest BCUT2D eigenvalue weighted by Gasteiger charge is -2.13. The van der Waals surface area contributed by atoms with Gasteiger partial charge in [-0.2, -0.15) is 0 Å². The van der Waals surface area contributed by atoms with E-state index in [1.165, 1.54) is 0 Å². The van der Waals surface area contributed by atoms with Crippen LogP contribution >= 0.6 is 0 Å². The normalized spacial score (nSPS) is 26.9. The van der Waals surface area contributed by atoms with E-state index in [9.17, 15) is 0 Å². The summed E-state index contributed by atoms with van der Waals surface area (Å²) < 4.78 is 15.3. The second-order valence-electron chi connectivity index (χ2n) is 2.45. The molecule has 2 atom stereocenters. The highest BCUT2D eigenvalue weighted by atomic mass is 16.8. The van der Waals surface area contributed by atoms with Crippen LogP contribution in [0.15, 0.2) is 12.2 Å². The summed E-state index contributed by atoms with van der Waals surface area (Å²) in [4.78, 5) is 0. The molecule has 1 aliphatic rings. The Labute approximate surface area is 76.5 Å². The third kappa shape index (κ3) is 3.84. The monoisotopic (exact) mass is 190 g/mol. The number of aliphatic hydroxyl groups excluding tert-OH is 2. The summed E-state index contributed by atoms with van der Waals surface area (Å²) >= 11 is 0. The van der Waals surface area contributed by atoms with E-state index in [0.29, 0.717) is 0 Å². The molecule has 1 aliphatic heterocycles. The molecule has 0 radical (unpaired) electrons. The molecule has 1 rings (SSSR count). The zero-order chi connectivity index (χ0) is 9.52. The fraction of sp³-hybridized carbons (Fsp3) is 0.750. The van der Waals surface area contributed by atoms with Gasteiger partial charge in [-0.15, -0.1) is 0 Å². The Kier molecular flexibility index (Phi) is 4.95. The molecule has 13 heavy (non-hydrogen) atoms. The zero-order valence-electron chi connectivity index (χ0n) is 7.26. The molecule has 76 valence electrons. The molecular formula is C8H14O5. The Balaban J connectivity index is 2.10. The second-order valence-corrected chi connectivity index (χ2v) is 2.45. The van der Waals surface area contributed by atoms with Gasteiger partial charge in [0.2, 0.25) is 0 Å². The highest BCUT2D eigenvalue weighted by molar-refractivity contribution is 4.95. The average Bonchev–Trinajstić information content (AvgIpc) is 2.59. The van der Waals surface area contributed by atoms with Gasteiger partial charge in [0.25, 0.3) is 0 Å². The van der Waals surface area contributed by atoms with Gasteiger partial charge in [-0.25, -0.2) is 0 Å². The Hall–Kier alpha value is -0.460. The van der Waals surface area contributed by atoms with Crippen molar-refractivity contribution in [1.29, 1.82) is 0 Å². The van der Waals surface area contributed by atoms with Crippen molar-refractivity contribution in [2.45, 2.75) is 12.6 Å². The maximum atomic E-state index is 8.46. The molecule has 0 spiro atoms. The first kappa shape index (κ1) is 10.6. The fourth-order valence-electron chi connectivity index (χ4n) is 0.932. The lowest BCUT2D eigenvalue weighted by Crippen LogP contribution is -2.20. The quantitative estimate of drug-likeness (QED) is 0.539. The summed E-state index contributed by atoms with van der Waals surface area (Å²) in [5, 5.41) is 16.9. The molecule has 0 aromatic carbocycles. The van der Waals surface area contributed by atoms with Crippen LogP contribution in [-0.4, -0.2) is 49.2 Å². The molecule has 5 heteroatoms. The minimum Gasteiger partial charge on any atom is -0.394 e. The van der Waals surface area contributed by atoms with Gasteiger partial charge in [0.1, 0.15) is 0 Å². The molecule has 0 aromatic heterocycles. The van der Waals surface area contributed by atoms with Gasteiger partial charge in [0, 0.05) is 0 Å². The molecule has 5 nitrogen and oxygen atoms in total. The van der Waals surface area contributed by atoms with Gasteiger partial charge in [0.05, 0.1) is 26.4 Å². The van der Waals surface area contributed by atoms with Gasteiger partial charge >= 0.3 is 0 Å². The van der Waals surface area contributed by atoms with Crippen LogP contribution in [0.3, 0.4) is 0 Å². The molecule has 0 bridgehead atoms. The maximum Gasteiger partial charge on any atom is 0.180 e. The highest BCUT2D eigenvalue weighted by Gasteiger charge is 2.19. The number of aliphatic hydroxyl groups is 2. The number of hydrogen-bond donors (Lipinski definition) is 2. The van der Waals surface area contributed by atoms with Gasteiger partial charge in [-0.3, -0.25) is 0 Å². The Morgan fingerprint density at radius 1 is 1.00 bits per heavy atom. The molecule has 2 unspecified atom stereocenters. The van der Waals surface area contributed by atoms with Crippen molar-refractivity contribution >= 4 is 0 Å². The van der Waals surface area contributed by atoms with Crippen LogP contribution in [0, 0.1) is 0 Å². The highest BCUT2D eigenvalue weighted by Crippen LogP contribution is 2.12. The maximum absolute atomic E-state index is 8.46. The summed E-state index contributed by atoms with van der Waals surface area (Å²) in [6, 6.07) is 0. The van der Waals surface area contributed by atoms with Crippen LogP contribution in [0.4, 0.5) is 0 Å². The Morgan fingerprint density at radius 2 is 1.46 bits per heavy atom. The largest absolute Gasteiger partial charge is 0.394 e. The van der Waals surface area contributed by atoms with Crippen molar-refractivity contribution in [2.24, 2.45) is 0 Å². The van der Waals surface area contributed by atoms with Crippen LogP contribution < -0.4 is 0 Å². The molecular weight excluding hydrogens is 176 g/mol. The molecule has 0 amide bonds. The molecule has 0 saturated carbocycles. The summed E-state index contributed by atoms with van der Waals surface area (Å²) in [6.07, 6.45) is 2.52. The van der Waals surface area contributed by atoms with Crippen molar-refractivity contribution < 1.29 is 24.4 Å². The van der Waals surface area contributed by atoms with E-state index in [1.54, 1.807) is 12.2 Å². The summed E-state index contributed by atoms with van der Waals surface area (Å²) in [6.45, 7) is 0.412. The number of rotatable bonds is 6. The van der Waals surface area contributed by atoms with Gasteiger partial charge < -0.3 is 24.4 Å². The van der Waals surface area contributed by atoms with E-state index >= 15 is 0 Å². The van der Waals surface area contributed by atoms with Gasteiger partial charge in [0.15, 0.2) is 12.6 Å². The predicted molar refractivity (Wildman–Crippen MR) is 43.9 cm³/mol. The summed E-state index contributed by atoms with van der Waals surface area (Å²) in [5.74, 6) is 0. The first-order valence-corrected chi connectivity index (χ1v) is 4.15. The van der Waals surface area contributed by atoms with E-state index < -0.39 is 12.6 Å². The lowest BCUT2D eigenvalue weighted by atomic mass is 10.5. The van der Waals surface area contributed by atoms with E-state index in [2.05, 4.69) is 0 Å². The van der Waals surface area contributed by atoms with Crippen LogP contribution in [-0.2, 0) is 14.2 Å². The molecule has 0 aromatic rings. The smallest absolute Gasteiger partial charge is 0.180 e. The third-order valence-corrected chi connectivity index (χ3v) is 1.44. The predicted octanol–water partition coefficient (Wildman–Crippen LogP) is -0.757. The molecule has 0 fully saturated rings. The summed E-state index contributed by atoms with van der Waals surface area (Å²) in [7, 11) is 0. The second kappa shape index (κ2) is 6.06. The molecule has 0 aliphatic carbocycles. The summed E-state index contributed by atoms with van der Waals surface area (Å²) in [5.41, 5.74) is 0. The van der Waals surface area contributed by atoms with E-state index in [0.717, 1.165) is 0 Å².